The molecule has 0 saturated heterocycles. The van der Waals surface area contributed by atoms with Crippen molar-refractivity contribution < 1.29 is 23.0 Å². The first-order valence-electron chi connectivity index (χ1n) is 6.93. The van der Waals surface area contributed by atoms with Gasteiger partial charge in [0.15, 0.2) is 11.5 Å². The Morgan fingerprint density at radius 3 is 2.52 bits per heavy atom. The number of H-pyrrole nitrogens is 1. The van der Waals surface area contributed by atoms with Gasteiger partial charge in [0.25, 0.3) is 0 Å². The smallest absolute Gasteiger partial charge is 0.393 e. The number of hydrogen-bond acceptors (Lipinski definition) is 2. The fraction of sp³-hybridized carbons (Fsp3) is 0.176. The Morgan fingerprint density at radius 2 is 1.83 bits per heavy atom. The summed E-state index contributed by atoms with van der Waals surface area (Å²) in [5, 5.41) is 10.8. The maximum atomic E-state index is 13.0. The highest BCUT2D eigenvalue weighted by Crippen LogP contribution is 2.41. The van der Waals surface area contributed by atoms with Crippen LogP contribution >= 0.6 is 0 Å². The number of ether oxygens (including phenoxy) is 1. The van der Waals surface area contributed by atoms with Gasteiger partial charge < -0.3 is 14.8 Å². The van der Waals surface area contributed by atoms with Crippen LogP contribution in [0, 0.1) is 0 Å². The summed E-state index contributed by atoms with van der Waals surface area (Å²) in [4.78, 5) is 2.98. The predicted molar refractivity (Wildman–Crippen MR) is 81.7 cm³/mol. The Morgan fingerprint density at radius 1 is 1.09 bits per heavy atom. The molecule has 3 rings (SSSR count). The molecule has 0 aliphatic heterocycles. The van der Waals surface area contributed by atoms with Gasteiger partial charge >= 0.3 is 6.18 Å². The van der Waals surface area contributed by atoms with Crippen LogP contribution in [0.25, 0.3) is 22.2 Å². The first kappa shape index (κ1) is 15.3. The SMILES string of the molecule is COc1cccc(-c2[nH]c3ccccc3c2CC(F)(F)F)c1O. The lowest BCUT2D eigenvalue weighted by atomic mass is 10.0. The van der Waals surface area contributed by atoms with Gasteiger partial charge in [-0.3, -0.25) is 0 Å². The number of halogens is 3. The first-order chi connectivity index (χ1) is 10.9. The number of hydrogen-bond donors (Lipinski definition) is 2. The highest BCUT2D eigenvalue weighted by Gasteiger charge is 2.31. The number of phenols is 1. The number of alkyl halides is 3. The molecule has 0 saturated carbocycles. The van der Waals surface area contributed by atoms with Gasteiger partial charge in [0.05, 0.1) is 19.2 Å². The molecule has 3 nitrogen and oxygen atoms in total. The highest BCUT2D eigenvalue weighted by atomic mass is 19.4. The van der Waals surface area contributed by atoms with Crippen molar-refractivity contribution >= 4 is 10.9 Å². The molecule has 0 spiro atoms. The standard InChI is InChI=1S/C17H14F3NO2/c1-23-14-8-4-6-11(16(14)22)15-12(9-17(18,19)20)10-5-2-3-7-13(10)21-15/h2-8,21-22H,9H2,1H3. The number of fused-ring (bicyclic) bond motifs is 1. The third-order valence-corrected chi connectivity index (χ3v) is 3.68. The van der Waals surface area contributed by atoms with Crippen LogP contribution in [0.1, 0.15) is 5.56 Å². The fourth-order valence-corrected chi connectivity index (χ4v) is 2.70. The van der Waals surface area contributed by atoms with Gasteiger partial charge in [0.2, 0.25) is 0 Å². The molecule has 120 valence electrons. The second-order valence-electron chi connectivity index (χ2n) is 5.17. The molecule has 1 aromatic heterocycles. The minimum Gasteiger partial charge on any atom is -0.504 e. The van der Waals surface area contributed by atoms with Crippen molar-refractivity contribution in [3.63, 3.8) is 0 Å². The molecule has 0 atom stereocenters. The summed E-state index contributed by atoms with van der Waals surface area (Å²) in [5.74, 6) is 0.0177. The average Bonchev–Trinajstić information content (AvgIpc) is 2.84. The van der Waals surface area contributed by atoms with Crippen molar-refractivity contribution in [2.45, 2.75) is 12.6 Å². The zero-order valence-electron chi connectivity index (χ0n) is 12.2. The summed E-state index contributed by atoms with van der Waals surface area (Å²) in [6.45, 7) is 0. The maximum Gasteiger partial charge on any atom is 0.393 e. The maximum absolute atomic E-state index is 13.0. The Kier molecular flexibility index (Phi) is 3.67. The number of nitrogens with one attached hydrogen (secondary N) is 1. The second kappa shape index (κ2) is 5.53. The number of aromatic amines is 1. The van der Waals surface area contributed by atoms with E-state index in [0.29, 0.717) is 10.9 Å². The van der Waals surface area contributed by atoms with E-state index in [9.17, 15) is 18.3 Å². The molecular formula is C17H14F3NO2. The van der Waals surface area contributed by atoms with E-state index in [-0.39, 0.29) is 28.3 Å². The van der Waals surface area contributed by atoms with Crippen molar-refractivity contribution in [3.8, 4) is 22.8 Å². The van der Waals surface area contributed by atoms with Crippen molar-refractivity contribution in [3.05, 3.63) is 48.0 Å². The van der Waals surface area contributed by atoms with Crippen molar-refractivity contribution in [1.29, 1.82) is 0 Å². The van der Waals surface area contributed by atoms with Crippen molar-refractivity contribution in [2.24, 2.45) is 0 Å². The molecule has 0 bridgehead atoms. The summed E-state index contributed by atoms with van der Waals surface area (Å²) in [7, 11) is 1.39. The van der Waals surface area contributed by atoms with Crippen LogP contribution in [0.15, 0.2) is 42.5 Å². The minimum atomic E-state index is -4.35. The molecule has 0 aliphatic rings. The summed E-state index contributed by atoms with van der Waals surface area (Å²) in [6.07, 6.45) is -5.43. The summed E-state index contributed by atoms with van der Waals surface area (Å²) >= 11 is 0. The van der Waals surface area contributed by atoms with E-state index in [2.05, 4.69) is 4.98 Å². The molecule has 0 fully saturated rings. The topological polar surface area (TPSA) is 45.2 Å². The van der Waals surface area contributed by atoms with Crippen LogP contribution in [0.2, 0.25) is 0 Å². The van der Waals surface area contributed by atoms with Gasteiger partial charge in [-0.25, -0.2) is 0 Å². The molecule has 3 aromatic rings. The average molecular weight is 321 g/mol. The van der Waals surface area contributed by atoms with Crippen molar-refractivity contribution in [2.75, 3.05) is 7.11 Å². The summed E-state index contributed by atoms with van der Waals surface area (Å²) in [5.41, 5.74) is 1.22. The molecule has 23 heavy (non-hydrogen) atoms. The number of para-hydroxylation sites is 2. The monoisotopic (exact) mass is 321 g/mol. The zero-order valence-corrected chi connectivity index (χ0v) is 12.2. The van der Waals surface area contributed by atoms with E-state index in [0.717, 1.165) is 0 Å². The van der Waals surface area contributed by atoms with E-state index >= 15 is 0 Å². The van der Waals surface area contributed by atoms with Crippen LogP contribution < -0.4 is 4.74 Å². The van der Waals surface area contributed by atoms with E-state index in [4.69, 9.17) is 4.74 Å². The Bertz CT molecular complexity index is 853. The Hall–Kier alpha value is -2.63. The molecular weight excluding hydrogens is 307 g/mol. The molecule has 0 unspecified atom stereocenters. The number of methoxy groups -OCH3 is 1. The lowest BCUT2D eigenvalue weighted by Crippen LogP contribution is -2.12. The van der Waals surface area contributed by atoms with E-state index in [1.54, 1.807) is 42.5 Å². The molecule has 2 aromatic carbocycles. The zero-order chi connectivity index (χ0) is 16.6. The van der Waals surface area contributed by atoms with Crippen LogP contribution in [0.5, 0.6) is 11.5 Å². The lowest BCUT2D eigenvalue weighted by Gasteiger charge is -2.11. The Labute approximate surface area is 130 Å². The number of aromatic hydroxyl groups is 1. The summed E-state index contributed by atoms with van der Waals surface area (Å²) in [6, 6.07) is 11.5. The van der Waals surface area contributed by atoms with E-state index in [1.807, 2.05) is 0 Å². The van der Waals surface area contributed by atoms with Crippen LogP contribution in [-0.4, -0.2) is 23.4 Å². The third-order valence-electron chi connectivity index (χ3n) is 3.68. The van der Waals surface area contributed by atoms with E-state index in [1.165, 1.54) is 7.11 Å². The molecule has 1 heterocycles. The van der Waals surface area contributed by atoms with Crippen LogP contribution in [0.4, 0.5) is 13.2 Å². The highest BCUT2D eigenvalue weighted by molar-refractivity contribution is 5.92. The second-order valence-corrected chi connectivity index (χ2v) is 5.17. The van der Waals surface area contributed by atoms with Gasteiger partial charge in [-0.15, -0.1) is 0 Å². The number of rotatable bonds is 3. The third kappa shape index (κ3) is 2.84. The number of aromatic nitrogens is 1. The first-order valence-corrected chi connectivity index (χ1v) is 6.93. The van der Waals surface area contributed by atoms with Gasteiger partial charge in [-0.05, 0) is 23.8 Å². The van der Waals surface area contributed by atoms with Gasteiger partial charge in [0.1, 0.15) is 0 Å². The van der Waals surface area contributed by atoms with Gasteiger partial charge in [-0.2, -0.15) is 13.2 Å². The lowest BCUT2D eigenvalue weighted by molar-refractivity contribution is -0.126. The van der Waals surface area contributed by atoms with Crippen LogP contribution in [0.3, 0.4) is 0 Å². The molecule has 0 amide bonds. The normalized spacial score (nSPS) is 11.8. The van der Waals surface area contributed by atoms with Gasteiger partial charge in [-0.1, -0.05) is 24.3 Å². The predicted octanol–water partition coefficient (Wildman–Crippen LogP) is 4.65. The minimum absolute atomic E-state index is 0.108. The molecule has 6 heteroatoms. The van der Waals surface area contributed by atoms with E-state index < -0.39 is 12.6 Å². The quantitative estimate of drug-likeness (QED) is 0.737. The number of phenolic OH excluding ortho intramolecular Hbond substituents is 1. The Balaban J connectivity index is 2.27. The largest absolute Gasteiger partial charge is 0.504 e. The summed E-state index contributed by atoms with van der Waals surface area (Å²) < 4.78 is 44.0. The fourth-order valence-electron chi connectivity index (χ4n) is 2.70. The molecule has 2 N–H and O–H groups in total. The van der Waals surface area contributed by atoms with Crippen molar-refractivity contribution in [1.82, 2.24) is 4.98 Å². The molecule has 0 radical (unpaired) electrons. The van der Waals surface area contributed by atoms with Gasteiger partial charge in [0, 0.05) is 16.5 Å². The molecule has 0 aliphatic carbocycles. The number of benzene rings is 2. The van der Waals surface area contributed by atoms with Crippen LogP contribution in [-0.2, 0) is 6.42 Å².